The maximum Gasteiger partial charge on any atom is 0.310 e. The van der Waals surface area contributed by atoms with E-state index in [4.69, 9.17) is 10.00 Å². The number of hydrogen-bond acceptors (Lipinski definition) is 4. The van der Waals surface area contributed by atoms with Crippen LogP contribution in [0, 0.1) is 29.6 Å². The molecule has 0 bridgehead atoms. The fourth-order valence-electron chi connectivity index (χ4n) is 2.33. The van der Waals surface area contributed by atoms with Gasteiger partial charge in [0.2, 0.25) is 0 Å². The number of nitriles is 2. The van der Waals surface area contributed by atoms with E-state index in [1.165, 1.54) is 13.0 Å². The van der Waals surface area contributed by atoms with E-state index in [9.17, 15) is 29.5 Å². The molecule has 0 radical (unpaired) electrons. The van der Waals surface area contributed by atoms with Gasteiger partial charge in [0.25, 0.3) is 5.91 Å². The summed E-state index contributed by atoms with van der Waals surface area (Å²) in [6.45, 7) is 2.69. The van der Waals surface area contributed by atoms with E-state index in [1.807, 2.05) is 12.1 Å². The number of carbonyl (C=O) groups excluding carboxylic acids is 1. The fourth-order valence-corrected chi connectivity index (χ4v) is 2.98. The summed E-state index contributed by atoms with van der Waals surface area (Å²) in [5.74, 6) is -0.635. The number of halogens is 5. The van der Waals surface area contributed by atoms with Crippen molar-refractivity contribution in [2.24, 2.45) is 0 Å². The Morgan fingerprint density at radius 1 is 1.10 bits per heavy atom. The second-order valence-electron chi connectivity index (χ2n) is 6.77. The molecule has 1 unspecified atom stereocenters. The first kappa shape index (κ1) is 23.0. The number of hydrogen-bond donors (Lipinski definition) is 1. The van der Waals surface area contributed by atoms with Crippen LogP contribution in [0.3, 0.4) is 0 Å². The summed E-state index contributed by atoms with van der Waals surface area (Å²) in [5, 5.41) is 20.7. The van der Waals surface area contributed by atoms with E-state index in [-0.39, 0.29) is 24.3 Å². The molecule has 2 aromatic rings. The van der Waals surface area contributed by atoms with Gasteiger partial charge in [-0.05, 0) is 55.8 Å². The summed E-state index contributed by atoms with van der Waals surface area (Å²) in [6, 6.07) is 9.86. The highest BCUT2D eigenvalue weighted by Gasteiger charge is 2.65. The van der Waals surface area contributed by atoms with E-state index >= 15 is 0 Å². The SMILES string of the molecule is Cc1ccc(C#N)cc1OCC(C)(C#N)NC(=O)c1ccc(S(F)(F)(F)(F)F)cc1. The number of rotatable bonds is 6. The molecule has 2 rings (SSSR count). The number of aryl methyl sites for hydroxylation is 1. The molecule has 0 aliphatic rings. The highest BCUT2D eigenvalue weighted by Crippen LogP contribution is 3.02. The van der Waals surface area contributed by atoms with Crippen molar-refractivity contribution in [1.82, 2.24) is 5.32 Å². The van der Waals surface area contributed by atoms with Crippen molar-refractivity contribution in [3.63, 3.8) is 0 Å². The van der Waals surface area contributed by atoms with Gasteiger partial charge in [0.05, 0.1) is 17.7 Å². The third-order valence-electron chi connectivity index (χ3n) is 4.03. The first-order chi connectivity index (χ1) is 13.6. The van der Waals surface area contributed by atoms with E-state index in [0.717, 1.165) is 0 Å². The molecule has 0 saturated heterocycles. The van der Waals surface area contributed by atoms with Gasteiger partial charge >= 0.3 is 10.2 Å². The fraction of sp³-hybridized carbons (Fsp3) is 0.211. The van der Waals surface area contributed by atoms with Crippen molar-refractivity contribution in [1.29, 1.82) is 10.5 Å². The summed E-state index contributed by atoms with van der Waals surface area (Å²) in [6.07, 6.45) is 0. The van der Waals surface area contributed by atoms with Gasteiger partial charge in [-0.1, -0.05) is 25.5 Å². The van der Waals surface area contributed by atoms with Crippen LogP contribution in [0.25, 0.3) is 0 Å². The minimum Gasteiger partial charge on any atom is -0.490 e. The number of nitrogens with zero attached hydrogens (tertiary/aromatic N) is 2. The minimum absolute atomic E-state index is 0.118. The number of amides is 1. The molecule has 0 aliphatic carbocycles. The maximum absolute atomic E-state index is 12.8. The van der Waals surface area contributed by atoms with E-state index < -0.39 is 26.6 Å². The lowest BCUT2D eigenvalue weighted by atomic mass is 10.0. The van der Waals surface area contributed by atoms with Gasteiger partial charge < -0.3 is 10.1 Å². The van der Waals surface area contributed by atoms with Crippen LogP contribution < -0.4 is 10.1 Å². The lowest BCUT2D eigenvalue weighted by Gasteiger charge is -2.40. The summed E-state index contributed by atoms with van der Waals surface area (Å²) in [5.41, 5.74) is -0.940. The second kappa shape index (κ2) is 6.89. The summed E-state index contributed by atoms with van der Waals surface area (Å²) < 4.78 is 69.4. The molecule has 1 atom stereocenters. The Bertz CT molecular complexity index is 1070. The molecule has 0 aromatic heterocycles. The first-order valence-electron chi connectivity index (χ1n) is 8.28. The molecule has 11 heteroatoms. The van der Waals surface area contributed by atoms with Crippen molar-refractivity contribution in [3.8, 4) is 17.9 Å². The average molecular weight is 445 g/mol. The number of nitrogens with one attached hydrogen (secondary N) is 1. The van der Waals surface area contributed by atoms with Gasteiger partial charge in [0.1, 0.15) is 17.3 Å². The Morgan fingerprint density at radius 3 is 2.20 bits per heavy atom. The number of ether oxygens (including phenoxy) is 1. The zero-order valence-corrected chi connectivity index (χ0v) is 16.6. The lowest BCUT2D eigenvalue weighted by Crippen LogP contribution is -2.49. The molecule has 0 spiro atoms. The molecule has 0 fully saturated rings. The van der Waals surface area contributed by atoms with Crippen LogP contribution in [0.15, 0.2) is 47.4 Å². The Kier molecular flexibility index (Phi) is 5.27. The first-order valence-corrected chi connectivity index (χ1v) is 10.2. The van der Waals surface area contributed by atoms with Crippen LogP contribution in [0.4, 0.5) is 19.4 Å². The van der Waals surface area contributed by atoms with Gasteiger partial charge in [-0.25, -0.2) is 0 Å². The standard InChI is InChI=1S/C19H16F5N3O2S/c1-13-3-4-14(10-25)9-17(13)29-12-19(2,11-26)27-18(28)15-5-7-16(8-6-15)30(20,21,22,23)24/h3-9H,12H2,1-2H3,(H,27,28). The second-order valence-corrected chi connectivity index (χ2v) is 9.18. The molecule has 0 aliphatic heterocycles. The van der Waals surface area contributed by atoms with Gasteiger partial charge in [-0.3, -0.25) is 4.79 Å². The predicted octanol–water partition coefficient (Wildman–Crippen LogP) is 5.62. The highest BCUT2D eigenvalue weighted by atomic mass is 32.5. The van der Waals surface area contributed by atoms with Crippen LogP contribution in [0.2, 0.25) is 0 Å². The monoisotopic (exact) mass is 445 g/mol. The van der Waals surface area contributed by atoms with Crippen molar-refractivity contribution in [3.05, 3.63) is 59.2 Å². The molecule has 1 amide bonds. The zero-order valence-electron chi connectivity index (χ0n) is 15.8. The Morgan fingerprint density at radius 2 is 1.70 bits per heavy atom. The van der Waals surface area contributed by atoms with Crippen LogP contribution >= 0.6 is 10.2 Å². The highest BCUT2D eigenvalue weighted by molar-refractivity contribution is 8.45. The molecule has 30 heavy (non-hydrogen) atoms. The van der Waals surface area contributed by atoms with Gasteiger partial charge in [-0.15, -0.1) is 0 Å². The molecule has 0 heterocycles. The summed E-state index contributed by atoms with van der Waals surface area (Å²) in [4.78, 5) is 10.2. The molecule has 1 N–H and O–H groups in total. The maximum atomic E-state index is 12.8. The third-order valence-corrected chi connectivity index (χ3v) is 5.19. The Labute approximate surface area is 169 Å². The molecule has 5 nitrogen and oxygen atoms in total. The molecule has 0 saturated carbocycles. The summed E-state index contributed by atoms with van der Waals surface area (Å²) in [7, 11) is -9.84. The third kappa shape index (κ3) is 5.61. The molecule has 160 valence electrons. The van der Waals surface area contributed by atoms with Crippen LogP contribution in [0.1, 0.15) is 28.4 Å². The van der Waals surface area contributed by atoms with Gasteiger partial charge in [0, 0.05) is 5.56 Å². The summed E-state index contributed by atoms with van der Waals surface area (Å²) >= 11 is 0. The van der Waals surface area contributed by atoms with E-state index in [2.05, 4.69) is 5.32 Å². The van der Waals surface area contributed by atoms with E-state index in [0.29, 0.717) is 29.0 Å². The largest absolute Gasteiger partial charge is 0.490 e. The predicted molar refractivity (Wildman–Crippen MR) is 101 cm³/mol. The smallest absolute Gasteiger partial charge is 0.310 e. The average Bonchev–Trinajstić information content (AvgIpc) is 2.65. The Balaban J connectivity index is 2.16. The molecular weight excluding hydrogens is 429 g/mol. The Hall–Kier alpha value is -3.31. The van der Waals surface area contributed by atoms with Crippen LogP contribution in [0.5, 0.6) is 5.75 Å². The van der Waals surface area contributed by atoms with Crippen LogP contribution in [-0.2, 0) is 0 Å². The topological polar surface area (TPSA) is 85.9 Å². The molecule has 2 aromatic carbocycles. The minimum atomic E-state index is -9.84. The van der Waals surface area contributed by atoms with Crippen molar-refractivity contribution < 1.29 is 29.0 Å². The zero-order chi connectivity index (χ0) is 22.9. The van der Waals surface area contributed by atoms with E-state index in [1.54, 1.807) is 19.1 Å². The lowest BCUT2D eigenvalue weighted by molar-refractivity contribution is 0.0900. The molecular formula is C19H16F5N3O2S. The van der Waals surface area contributed by atoms with Crippen molar-refractivity contribution in [2.75, 3.05) is 6.61 Å². The van der Waals surface area contributed by atoms with Gasteiger partial charge in [-0.2, -0.15) is 10.5 Å². The van der Waals surface area contributed by atoms with Crippen LogP contribution in [-0.4, -0.2) is 18.1 Å². The normalized spacial score (nSPS) is 15.5. The number of carbonyl (C=O) groups is 1. The van der Waals surface area contributed by atoms with Gasteiger partial charge in [0.15, 0.2) is 5.54 Å². The number of benzene rings is 2. The quantitative estimate of drug-likeness (QED) is 0.585. The van der Waals surface area contributed by atoms with Crippen molar-refractivity contribution in [2.45, 2.75) is 24.3 Å². The van der Waals surface area contributed by atoms with Crippen molar-refractivity contribution >= 4 is 16.1 Å².